The maximum atomic E-state index is 12.5. The van der Waals surface area contributed by atoms with Crippen LogP contribution in [0.25, 0.3) is 0 Å². The second kappa shape index (κ2) is 6.06. The van der Waals surface area contributed by atoms with Gasteiger partial charge in [0.05, 0.1) is 18.3 Å². The smallest absolute Gasteiger partial charge is 0.276 e. The zero-order chi connectivity index (χ0) is 13.8. The molecule has 2 rings (SSSR count). The lowest BCUT2D eigenvalue weighted by Crippen LogP contribution is -2.42. The Labute approximate surface area is 113 Å². The number of nitrogen functional groups attached to an aromatic ring is 1. The number of carbonyl (C=O) groups is 1. The van der Waals surface area contributed by atoms with Crippen LogP contribution in [0.5, 0.6) is 0 Å². The molecule has 0 saturated carbocycles. The highest BCUT2D eigenvalue weighted by Gasteiger charge is 2.28. The number of aryl methyl sites for hydroxylation is 1. The highest BCUT2D eigenvalue weighted by molar-refractivity contribution is 5.97. The molecule has 1 aliphatic heterocycles. The first-order valence-electron chi connectivity index (χ1n) is 6.92. The second-order valence-electron chi connectivity index (χ2n) is 4.97. The number of aromatic nitrogens is 2. The second-order valence-corrected chi connectivity index (χ2v) is 4.97. The van der Waals surface area contributed by atoms with E-state index in [-0.39, 0.29) is 18.6 Å². The van der Waals surface area contributed by atoms with E-state index in [0.29, 0.717) is 24.5 Å². The van der Waals surface area contributed by atoms with Crippen molar-refractivity contribution < 1.29 is 9.90 Å². The highest BCUT2D eigenvalue weighted by Crippen LogP contribution is 2.20. The number of rotatable bonds is 3. The first kappa shape index (κ1) is 13.9. The van der Waals surface area contributed by atoms with Gasteiger partial charge in [-0.1, -0.05) is 12.8 Å². The van der Waals surface area contributed by atoms with Crippen LogP contribution in [0, 0.1) is 0 Å². The molecule has 0 bridgehead atoms. The van der Waals surface area contributed by atoms with Crippen molar-refractivity contribution in [3.8, 4) is 0 Å². The van der Waals surface area contributed by atoms with Crippen molar-refractivity contribution in [2.24, 2.45) is 0 Å². The summed E-state index contributed by atoms with van der Waals surface area (Å²) in [6.07, 6.45) is 5.64. The number of amides is 1. The van der Waals surface area contributed by atoms with Crippen molar-refractivity contribution in [3.05, 3.63) is 11.9 Å². The molecule has 106 valence electrons. The van der Waals surface area contributed by atoms with Gasteiger partial charge >= 0.3 is 0 Å². The zero-order valence-corrected chi connectivity index (χ0v) is 11.4. The average molecular weight is 266 g/mol. The summed E-state index contributed by atoms with van der Waals surface area (Å²) in [5.41, 5.74) is 6.57. The lowest BCUT2D eigenvalue weighted by molar-refractivity contribution is 0.0594. The van der Waals surface area contributed by atoms with Crippen molar-refractivity contribution in [1.29, 1.82) is 0 Å². The van der Waals surface area contributed by atoms with Gasteiger partial charge in [0.25, 0.3) is 5.91 Å². The number of aliphatic hydroxyl groups excluding tert-OH is 1. The van der Waals surface area contributed by atoms with Crippen LogP contribution in [-0.2, 0) is 6.54 Å². The molecule has 1 atom stereocenters. The van der Waals surface area contributed by atoms with Crippen LogP contribution in [0.1, 0.15) is 43.1 Å². The molecule has 1 saturated heterocycles. The van der Waals surface area contributed by atoms with Crippen LogP contribution in [0.15, 0.2) is 6.20 Å². The van der Waals surface area contributed by atoms with Crippen molar-refractivity contribution >= 4 is 11.6 Å². The molecular formula is C13H22N4O2. The minimum atomic E-state index is -0.161. The molecule has 6 heteroatoms. The van der Waals surface area contributed by atoms with Crippen LogP contribution in [-0.4, -0.2) is 44.9 Å². The minimum Gasteiger partial charge on any atom is -0.396 e. The van der Waals surface area contributed by atoms with Gasteiger partial charge in [-0.3, -0.25) is 9.48 Å². The Morgan fingerprint density at radius 3 is 2.95 bits per heavy atom. The maximum absolute atomic E-state index is 12.5. The Morgan fingerprint density at radius 1 is 1.53 bits per heavy atom. The Balaban J connectivity index is 2.22. The summed E-state index contributed by atoms with van der Waals surface area (Å²) in [7, 11) is 0. The first-order chi connectivity index (χ1) is 9.17. The molecule has 0 spiro atoms. The standard InChI is InChI=1S/C13H22N4O2/c1-2-16-8-11(14)12(15-16)13(19)17-7-5-3-4-6-10(17)9-18/h8,10,18H,2-7,9,14H2,1H3. The van der Waals surface area contributed by atoms with Gasteiger partial charge in [0.2, 0.25) is 0 Å². The van der Waals surface area contributed by atoms with Gasteiger partial charge in [-0.05, 0) is 19.8 Å². The number of likely N-dealkylation sites (tertiary alicyclic amines) is 1. The fourth-order valence-electron chi connectivity index (χ4n) is 2.54. The Kier molecular flexibility index (Phi) is 4.42. The van der Waals surface area contributed by atoms with E-state index >= 15 is 0 Å². The monoisotopic (exact) mass is 266 g/mol. The molecule has 6 nitrogen and oxygen atoms in total. The predicted octanol–water partition coefficient (Wildman–Crippen LogP) is 0.862. The predicted molar refractivity (Wildman–Crippen MR) is 72.7 cm³/mol. The third kappa shape index (κ3) is 2.89. The molecule has 1 aliphatic rings. The molecule has 1 amide bonds. The molecule has 19 heavy (non-hydrogen) atoms. The van der Waals surface area contributed by atoms with E-state index in [1.54, 1.807) is 15.8 Å². The summed E-state index contributed by atoms with van der Waals surface area (Å²) in [5.74, 6) is -0.161. The van der Waals surface area contributed by atoms with E-state index in [1.165, 1.54) is 0 Å². The fraction of sp³-hybridized carbons (Fsp3) is 0.692. The van der Waals surface area contributed by atoms with E-state index in [2.05, 4.69) is 5.10 Å². The van der Waals surface area contributed by atoms with Gasteiger partial charge in [-0.25, -0.2) is 0 Å². The molecular weight excluding hydrogens is 244 g/mol. The summed E-state index contributed by atoms with van der Waals surface area (Å²) < 4.78 is 1.66. The maximum Gasteiger partial charge on any atom is 0.276 e. The van der Waals surface area contributed by atoms with Crippen LogP contribution in [0.3, 0.4) is 0 Å². The summed E-state index contributed by atoms with van der Waals surface area (Å²) in [6.45, 7) is 3.30. The lowest BCUT2D eigenvalue weighted by atomic mass is 10.1. The normalized spacial score (nSPS) is 20.3. The van der Waals surface area contributed by atoms with Crippen LogP contribution in [0.2, 0.25) is 0 Å². The summed E-state index contributed by atoms with van der Waals surface area (Å²) in [6, 6.07) is -0.110. The number of anilines is 1. The molecule has 0 aliphatic carbocycles. The van der Waals surface area contributed by atoms with E-state index in [4.69, 9.17) is 5.73 Å². The van der Waals surface area contributed by atoms with Gasteiger partial charge in [0.1, 0.15) is 0 Å². The first-order valence-corrected chi connectivity index (χ1v) is 6.92. The highest BCUT2D eigenvalue weighted by atomic mass is 16.3. The molecule has 1 fully saturated rings. The van der Waals surface area contributed by atoms with Crippen molar-refractivity contribution in [2.75, 3.05) is 18.9 Å². The van der Waals surface area contributed by atoms with Gasteiger partial charge < -0.3 is 15.7 Å². The lowest BCUT2D eigenvalue weighted by Gasteiger charge is -2.28. The third-order valence-corrected chi connectivity index (χ3v) is 3.67. The van der Waals surface area contributed by atoms with E-state index in [1.807, 2.05) is 6.92 Å². The Morgan fingerprint density at radius 2 is 2.32 bits per heavy atom. The third-order valence-electron chi connectivity index (χ3n) is 3.67. The van der Waals surface area contributed by atoms with Crippen LogP contribution in [0.4, 0.5) is 5.69 Å². The van der Waals surface area contributed by atoms with Crippen LogP contribution >= 0.6 is 0 Å². The zero-order valence-electron chi connectivity index (χ0n) is 11.4. The number of aliphatic hydroxyl groups is 1. The topological polar surface area (TPSA) is 84.4 Å². The van der Waals surface area contributed by atoms with E-state index < -0.39 is 0 Å². The molecule has 0 aromatic carbocycles. The minimum absolute atomic E-state index is 0.000130. The number of carbonyl (C=O) groups excluding carboxylic acids is 1. The summed E-state index contributed by atoms with van der Waals surface area (Å²) >= 11 is 0. The van der Waals surface area contributed by atoms with Gasteiger partial charge in [0.15, 0.2) is 5.69 Å². The number of hydrogen-bond donors (Lipinski definition) is 2. The Bertz CT molecular complexity index is 444. The largest absolute Gasteiger partial charge is 0.396 e. The number of nitrogens with zero attached hydrogens (tertiary/aromatic N) is 3. The molecule has 2 heterocycles. The van der Waals surface area contributed by atoms with Gasteiger partial charge in [-0.2, -0.15) is 5.10 Å². The quantitative estimate of drug-likeness (QED) is 0.850. The fourth-order valence-corrected chi connectivity index (χ4v) is 2.54. The SMILES string of the molecule is CCn1cc(N)c(C(=O)N2CCCCCC2CO)n1. The number of nitrogens with two attached hydrogens (primary N) is 1. The molecule has 1 aromatic heterocycles. The van der Waals surface area contributed by atoms with Crippen molar-refractivity contribution in [3.63, 3.8) is 0 Å². The summed E-state index contributed by atoms with van der Waals surface area (Å²) in [4.78, 5) is 14.3. The Hall–Kier alpha value is -1.56. The summed E-state index contributed by atoms with van der Waals surface area (Å²) in [5, 5.41) is 13.7. The molecule has 3 N–H and O–H groups in total. The van der Waals surface area contributed by atoms with E-state index in [9.17, 15) is 9.90 Å². The van der Waals surface area contributed by atoms with Crippen molar-refractivity contribution in [1.82, 2.24) is 14.7 Å². The van der Waals surface area contributed by atoms with Gasteiger partial charge in [0, 0.05) is 19.3 Å². The van der Waals surface area contributed by atoms with Gasteiger partial charge in [-0.15, -0.1) is 0 Å². The molecule has 0 radical (unpaired) electrons. The van der Waals surface area contributed by atoms with Crippen molar-refractivity contribution in [2.45, 2.75) is 45.2 Å². The molecule has 1 aromatic rings. The van der Waals surface area contributed by atoms with E-state index in [0.717, 1.165) is 25.7 Å². The average Bonchev–Trinajstić information content (AvgIpc) is 2.64. The molecule has 1 unspecified atom stereocenters. The van der Waals surface area contributed by atoms with Crippen LogP contribution < -0.4 is 5.73 Å². The number of hydrogen-bond acceptors (Lipinski definition) is 4.